The van der Waals surface area contributed by atoms with E-state index in [1.807, 2.05) is 0 Å². The van der Waals surface area contributed by atoms with Crippen LogP contribution in [0.4, 0.5) is 0 Å². The summed E-state index contributed by atoms with van der Waals surface area (Å²) in [5.41, 5.74) is 0. The quantitative estimate of drug-likeness (QED) is 0.450. The molecule has 5 nitrogen and oxygen atoms in total. The van der Waals surface area contributed by atoms with Crippen LogP contribution in [0.1, 0.15) is 20.3 Å². The van der Waals surface area contributed by atoms with Gasteiger partial charge in [-0.2, -0.15) is 0 Å². The Balaban J connectivity index is 3.50. The van der Waals surface area contributed by atoms with Gasteiger partial charge in [-0.15, -0.1) is 0 Å². The van der Waals surface area contributed by atoms with Gasteiger partial charge in [0.25, 0.3) is 0 Å². The van der Waals surface area contributed by atoms with E-state index in [-0.39, 0.29) is 6.54 Å². The summed E-state index contributed by atoms with van der Waals surface area (Å²) in [5.74, 6) is -0.162. The zero-order chi connectivity index (χ0) is 11.2. The lowest BCUT2D eigenvalue weighted by atomic mass is 10.1. The summed E-state index contributed by atoms with van der Waals surface area (Å²) in [6.45, 7) is 5.00. The highest BCUT2D eigenvalue weighted by atomic mass is 32.2. The molecule has 0 aromatic carbocycles. The van der Waals surface area contributed by atoms with Gasteiger partial charge < -0.3 is 15.0 Å². The second kappa shape index (κ2) is 6.34. The van der Waals surface area contributed by atoms with Crippen LogP contribution in [0.2, 0.25) is 0 Å². The number of hydrogen-bond donors (Lipinski definition) is 2. The number of aliphatic hydroxyl groups excluding tert-OH is 1. The second-order valence-corrected chi connectivity index (χ2v) is 5.21. The fourth-order valence-electron chi connectivity index (χ4n) is 0.954. The zero-order valence-electron chi connectivity index (χ0n) is 8.56. The highest BCUT2D eigenvalue weighted by Crippen LogP contribution is 1.96. The molecule has 0 aliphatic rings. The first-order chi connectivity index (χ1) is 6.31. The number of hydrogen-bond acceptors (Lipinski definition) is 5. The summed E-state index contributed by atoms with van der Waals surface area (Å²) in [6.07, 6.45) is -0.152. The van der Waals surface area contributed by atoms with Crippen molar-refractivity contribution in [3.8, 4) is 0 Å². The van der Waals surface area contributed by atoms with Gasteiger partial charge in [0.2, 0.25) is 0 Å². The van der Waals surface area contributed by atoms with Crippen LogP contribution >= 0.6 is 0 Å². The molecule has 0 aliphatic heterocycles. The van der Waals surface area contributed by atoms with Gasteiger partial charge in [-0.25, -0.2) is 8.42 Å². The molecule has 0 amide bonds. The van der Waals surface area contributed by atoms with Gasteiger partial charge in [-0.3, -0.25) is 0 Å². The largest absolute Gasteiger partial charge is 0.748 e. The first-order valence-corrected chi connectivity index (χ1v) is 6.21. The van der Waals surface area contributed by atoms with Gasteiger partial charge in [0.05, 0.1) is 22.0 Å². The Morgan fingerprint density at radius 1 is 1.43 bits per heavy atom. The Labute approximate surface area is 85.3 Å². The summed E-state index contributed by atoms with van der Waals surface area (Å²) >= 11 is 0. The SMILES string of the molecule is CC(C)CCNCC(O)CS(=O)(=O)[O-]. The van der Waals surface area contributed by atoms with Crippen LogP contribution in [0, 0.1) is 5.92 Å². The minimum atomic E-state index is -4.32. The molecule has 0 heterocycles. The van der Waals surface area contributed by atoms with E-state index in [4.69, 9.17) is 5.11 Å². The van der Waals surface area contributed by atoms with Crippen LogP contribution in [-0.2, 0) is 10.1 Å². The smallest absolute Gasteiger partial charge is 0.0972 e. The predicted octanol–water partition coefficient (Wildman–Crippen LogP) is -0.472. The zero-order valence-corrected chi connectivity index (χ0v) is 9.38. The molecule has 0 aromatic heterocycles. The molecule has 86 valence electrons. The monoisotopic (exact) mass is 224 g/mol. The van der Waals surface area contributed by atoms with Crippen LogP contribution in [0.15, 0.2) is 0 Å². The Morgan fingerprint density at radius 2 is 2.00 bits per heavy atom. The molecule has 0 fully saturated rings. The van der Waals surface area contributed by atoms with Crippen molar-refractivity contribution in [1.82, 2.24) is 5.32 Å². The predicted molar refractivity (Wildman–Crippen MR) is 52.9 cm³/mol. The van der Waals surface area contributed by atoms with Gasteiger partial charge in [0, 0.05) is 6.54 Å². The standard InChI is InChI=1S/C8H19NO4S/c1-7(2)3-4-9-5-8(10)6-14(11,12)13/h7-10H,3-6H2,1-2H3,(H,11,12,13)/p-1. The molecular formula is C8H18NO4S-. The van der Waals surface area contributed by atoms with E-state index < -0.39 is 22.0 Å². The molecule has 14 heavy (non-hydrogen) atoms. The lowest BCUT2D eigenvalue weighted by Gasteiger charge is -2.14. The normalized spacial score (nSPS) is 14.6. The van der Waals surface area contributed by atoms with E-state index in [0.717, 1.165) is 6.42 Å². The Bertz CT molecular complexity index is 238. The maximum atomic E-state index is 10.2. The third-order valence-corrected chi connectivity index (χ3v) is 2.47. The van der Waals surface area contributed by atoms with Crippen molar-refractivity contribution >= 4 is 10.1 Å². The fraction of sp³-hybridized carbons (Fsp3) is 1.00. The summed E-state index contributed by atoms with van der Waals surface area (Å²) < 4.78 is 30.7. The van der Waals surface area contributed by atoms with Gasteiger partial charge in [-0.05, 0) is 18.9 Å². The molecule has 1 atom stereocenters. The first kappa shape index (κ1) is 13.8. The van der Waals surface area contributed by atoms with E-state index in [1.54, 1.807) is 0 Å². The molecule has 0 radical (unpaired) electrons. The first-order valence-electron chi connectivity index (χ1n) is 4.63. The van der Waals surface area contributed by atoms with Crippen LogP contribution in [0.5, 0.6) is 0 Å². The average Bonchev–Trinajstić information content (AvgIpc) is 1.94. The third kappa shape index (κ3) is 9.91. The maximum Gasteiger partial charge on any atom is 0.0972 e. The van der Waals surface area contributed by atoms with Crippen molar-refractivity contribution in [3.63, 3.8) is 0 Å². The molecule has 0 saturated heterocycles. The molecule has 0 aliphatic carbocycles. The molecule has 0 spiro atoms. The van der Waals surface area contributed by atoms with Crippen molar-refractivity contribution in [1.29, 1.82) is 0 Å². The van der Waals surface area contributed by atoms with Crippen LogP contribution < -0.4 is 5.32 Å². The summed E-state index contributed by atoms with van der Waals surface area (Å²) in [5, 5.41) is 12.0. The molecule has 0 rings (SSSR count). The molecule has 6 heteroatoms. The van der Waals surface area contributed by atoms with Crippen molar-refractivity contribution in [2.45, 2.75) is 26.4 Å². The second-order valence-electron chi connectivity index (χ2n) is 3.76. The van der Waals surface area contributed by atoms with Crippen LogP contribution in [-0.4, -0.2) is 43.0 Å². The number of rotatable bonds is 7. The van der Waals surface area contributed by atoms with Crippen molar-refractivity contribution < 1.29 is 18.1 Å². The highest BCUT2D eigenvalue weighted by molar-refractivity contribution is 7.85. The lowest BCUT2D eigenvalue weighted by molar-refractivity contribution is 0.190. The maximum absolute atomic E-state index is 10.2. The summed E-state index contributed by atoms with van der Waals surface area (Å²) in [7, 11) is -4.32. The van der Waals surface area contributed by atoms with E-state index in [0.29, 0.717) is 12.5 Å². The third-order valence-electron chi connectivity index (χ3n) is 1.67. The number of aliphatic hydroxyl groups is 1. The highest BCUT2D eigenvalue weighted by Gasteiger charge is 2.07. The van der Waals surface area contributed by atoms with E-state index in [9.17, 15) is 13.0 Å². The Kier molecular flexibility index (Phi) is 6.26. The molecular weight excluding hydrogens is 206 g/mol. The van der Waals surface area contributed by atoms with Crippen LogP contribution in [0.25, 0.3) is 0 Å². The van der Waals surface area contributed by atoms with Gasteiger partial charge in [-0.1, -0.05) is 13.8 Å². The van der Waals surface area contributed by atoms with E-state index in [2.05, 4.69) is 19.2 Å². The van der Waals surface area contributed by atoms with Gasteiger partial charge in [0.15, 0.2) is 0 Å². The van der Waals surface area contributed by atoms with Crippen LogP contribution in [0.3, 0.4) is 0 Å². The minimum Gasteiger partial charge on any atom is -0.748 e. The lowest BCUT2D eigenvalue weighted by Crippen LogP contribution is -2.33. The topological polar surface area (TPSA) is 89.5 Å². The van der Waals surface area contributed by atoms with Crippen molar-refractivity contribution in [2.75, 3.05) is 18.8 Å². The van der Waals surface area contributed by atoms with Gasteiger partial charge in [0.1, 0.15) is 0 Å². The summed E-state index contributed by atoms with van der Waals surface area (Å²) in [6, 6.07) is 0. The molecule has 1 unspecified atom stereocenters. The molecule has 2 N–H and O–H groups in total. The minimum absolute atomic E-state index is 0.147. The van der Waals surface area contributed by atoms with Gasteiger partial charge >= 0.3 is 0 Å². The Morgan fingerprint density at radius 3 is 2.43 bits per heavy atom. The van der Waals surface area contributed by atoms with Crippen molar-refractivity contribution in [2.24, 2.45) is 5.92 Å². The van der Waals surface area contributed by atoms with Crippen molar-refractivity contribution in [3.05, 3.63) is 0 Å². The Hall–Kier alpha value is -0.170. The number of nitrogens with one attached hydrogen (secondary N) is 1. The van der Waals surface area contributed by atoms with E-state index in [1.165, 1.54) is 0 Å². The summed E-state index contributed by atoms with van der Waals surface area (Å²) in [4.78, 5) is 0. The fourth-order valence-corrected chi connectivity index (χ4v) is 1.54. The molecule has 0 bridgehead atoms. The molecule has 0 saturated carbocycles. The molecule has 0 aromatic rings. The van der Waals surface area contributed by atoms with E-state index >= 15 is 0 Å². The average molecular weight is 224 g/mol.